The first-order valence-corrected chi connectivity index (χ1v) is 10.3. The summed E-state index contributed by atoms with van der Waals surface area (Å²) in [6, 6.07) is 3.77. The number of hydrogen-bond donors (Lipinski definition) is 0. The molecular formula is C15H15BrN2O5S. The minimum absolute atomic E-state index is 0.0721. The van der Waals surface area contributed by atoms with Crippen molar-refractivity contribution < 1.29 is 22.7 Å². The molecule has 0 radical (unpaired) electrons. The molecule has 0 unspecified atom stereocenters. The number of sulfone groups is 1. The Morgan fingerprint density at radius 1 is 1.21 bits per heavy atom. The zero-order chi connectivity index (χ0) is 17.1. The molecule has 2 atom stereocenters. The van der Waals surface area contributed by atoms with Crippen molar-refractivity contribution in [1.82, 2.24) is 9.80 Å². The number of imide groups is 1. The summed E-state index contributed by atoms with van der Waals surface area (Å²) in [5.74, 6) is -0.178. The summed E-state index contributed by atoms with van der Waals surface area (Å²) < 4.78 is 30.1. The van der Waals surface area contributed by atoms with Crippen LogP contribution in [0, 0.1) is 0 Å². The van der Waals surface area contributed by atoms with Crippen molar-refractivity contribution in [2.45, 2.75) is 18.5 Å². The van der Waals surface area contributed by atoms with Crippen LogP contribution in [0.5, 0.6) is 5.75 Å². The van der Waals surface area contributed by atoms with E-state index < -0.39 is 33.9 Å². The van der Waals surface area contributed by atoms with Crippen LogP contribution in [-0.4, -0.2) is 60.9 Å². The van der Waals surface area contributed by atoms with Crippen LogP contribution in [0.2, 0.25) is 0 Å². The van der Waals surface area contributed by atoms with Gasteiger partial charge in [0, 0.05) is 18.5 Å². The first-order valence-electron chi connectivity index (χ1n) is 7.64. The number of nitrogens with zero attached hydrogens (tertiary/aromatic N) is 2. The molecule has 3 amide bonds. The van der Waals surface area contributed by atoms with Crippen molar-refractivity contribution in [1.29, 1.82) is 0 Å². The molecule has 128 valence electrons. The number of rotatable bonds is 1. The van der Waals surface area contributed by atoms with Crippen molar-refractivity contribution in [3.05, 3.63) is 28.2 Å². The minimum atomic E-state index is -3.29. The summed E-state index contributed by atoms with van der Waals surface area (Å²) >= 11 is 3.42. The van der Waals surface area contributed by atoms with Gasteiger partial charge in [0.15, 0.2) is 9.84 Å². The average molecular weight is 415 g/mol. The second-order valence-electron chi connectivity index (χ2n) is 6.13. The van der Waals surface area contributed by atoms with Crippen molar-refractivity contribution in [3.63, 3.8) is 0 Å². The average Bonchev–Trinajstić information content (AvgIpc) is 2.77. The quantitative estimate of drug-likeness (QED) is 0.647. The zero-order valence-corrected chi connectivity index (χ0v) is 15.0. The topological polar surface area (TPSA) is 84.0 Å². The number of para-hydroxylation sites is 1. The zero-order valence-electron chi connectivity index (χ0n) is 12.6. The lowest BCUT2D eigenvalue weighted by Gasteiger charge is -2.32. The summed E-state index contributed by atoms with van der Waals surface area (Å²) in [4.78, 5) is 28.1. The van der Waals surface area contributed by atoms with E-state index in [9.17, 15) is 18.0 Å². The number of halogens is 1. The molecule has 0 bridgehead atoms. The molecule has 0 spiro atoms. The summed E-state index contributed by atoms with van der Waals surface area (Å²) in [5, 5.41) is 0. The van der Waals surface area contributed by atoms with Crippen LogP contribution >= 0.6 is 15.9 Å². The molecule has 0 aliphatic carbocycles. The number of carbonyl (C=O) groups is 2. The summed E-state index contributed by atoms with van der Waals surface area (Å²) in [6.45, 7) is 0.461. The second-order valence-corrected chi connectivity index (χ2v) is 9.21. The number of ether oxygens (including phenoxy) is 1. The lowest BCUT2D eigenvalue weighted by atomic mass is 9.99. The van der Waals surface area contributed by atoms with E-state index in [-0.39, 0.29) is 18.1 Å². The van der Waals surface area contributed by atoms with E-state index in [0.29, 0.717) is 18.8 Å². The molecule has 0 aromatic heterocycles. The van der Waals surface area contributed by atoms with Crippen LogP contribution in [0.4, 0.5) is 4.79 Å². The van der Waals surface area contributed by atoms with Gasteiger partial charge in [0.25, 0.3) is 5.91 Å². The Kier molecular flexibility index (Phi) is 3.61. The van der Waals surface area contributed by atoms with Crippen LogP contribution in [0.1, 0.15) is 18.0 Å². The molecule has 3 aliphatic heterocycles. The fourth-order valence-electron chi connectivity index (χ4n) is 3.56. The predicted molar refractivity (Wildman–Crippen MR) is 88.4 cm³/mol. The number of fused-ring (bicyclic) bond motifs is 2. The van der Waals surface area contributed by atoms with Crippen molar-refractivity contribution in [2.75, 3.05) is 24.7 Å². The molecule has 2 fully saturated rings. The lowest BCUT2D eigenvalue weighted by Crippen LogP contribution is -2.48. The fraction of sp³-hybridized carbons (Fsp3) is 0.467. The summed E-state index contributed by atoms with van der Waals surface area (Å²) in [6.07, 6.45) is 0.494. The normalized spacial score (nSPS) is 28.4. The third kappa shape index (κ3) is 2.33. The van der Waals surface area contributed by atoms with Gasteiger partial charge in [-0.1, -0.05) is 12.1 Å². The molecule has 9 heteroatoms. The Hall–Kier alpha value is -1.61. The number of carbonyl (C=O) groups excluding carboxylic acids is 2. The maximum absolute atomic E-state index is 12.8. The van der Waals surface area contributed by atoms with Crippen LogP contribution < -0.4 is 4.74 Å². The van der Waals surface area contributed by atoms with Crippen LogP contribution in [0.15, 0.2) is 22.7 Å². The van der Waals surface area contributed by atoms with E-state index in [0.717, 1.165) is 10.0 Å². The molecule has 7 nitrogen and oxygen atoms in total. The van der Waals surface area contributed by atoms with E-state index in [1.807, 2.05) is 18.2 Å². The first-order chi connectivity index (χ1) is 11.4. The third-order valence-corrected chi connectivity index (χ3v) is 6.96. The Morgan fingerprint density at radius 3 is 2.79 bits per heavy atom. The van der Waals surface area contributed by atoms with Gasteiger partial charge in [-0.2, -0.15) is 0 Å². The standard InChI is InChI=1S/C15H15BrN2O5S/c16-10-3-1-2-9-11(4-6-23-13(9)10)18-14(19)12-8-24(21,22)7-5-17(12)15(18)20/h1-3,11-12H,4-8H2/t11-,12+/m1/s1. The van der Waals surface area contributed by atoms with Crippen LogP contribution in [0.3, 0.4) is 0 Å². The first kappa shape index (κ1) is 15.9. The highest BCUT2D eigenvalue weighted by Crippen LogP contribution is 2.42. The number of amides is 3. The molecule has 0 saturated carbocycles. The maximum atomic E-state index is 12.8. The molecule has 3 heterocycles. The molecule has 0 N–H and O–H groups in total. The van der Waals surface area contributed by atoms with Gasteiger partial charge in [-0.25, -0.2) is 13.2 Å². The third-order valence-electron chi connectivity index (χ3n) is 4.71. The Labute approximate surface area is 147 Å². The minimum Gasteiger partial charge on any atom is -0.492 e. The fourth-order valence-corrected chi connectivity index (χ4v) is 5.50. The molecular weight excluding hydrogens is 400 g/mol. The van der Waals surface area contributed by atoms with Crippen LogP contribution in [0.25, 0.3) is 0 Å². The number of benzene rings is 1. The molecule has 1 aromatic rings. The Morgan fingerprint density at radius 2 is 2.00 bits per heavy atom. The second kappa shape index (κ2) is 5.45. The van der Waals surface area contributed by atoms with Gasteiger partial charge in [0.2, 0.25) is 0 Å². The Bertz CT molecular complexity index is 840. The molecule has 4 rings (SSSR count). The number of hydrogen-bond acceptors (Lipinski definition) is 5. The van der Waals surface area contributed by atoms with Gasteiger partial charge in [0.1, 0.15) is 11.8 Å². The highest BCUT2D eigenvalue weighted by atomic mass is 79.9. The van der Waals surface area contributed by atoms with Crippen molar-refractivity contribution in [2.24, 2.45) is 0 Å². The smallest absolute Gasteiger partial charge is 0.328 e. The highest BCUT2D eigenvalue weighted by molar-refractivity contribution is 9.10. The number of urea groups is 1. The van der Waals surface area contributed by atoms with Gasteiger partial charge >= 0.3 is 6.03 Å². The molecule has 3 aliphatic rings. The van der Waals surface area contributed by atoms with E-state index in [4.69, 9.17) is 4.74 Å². The van der Waals surface area contributed by atoms with Gasteiger partial charge in [-0.3, -0.25) is 9.69 Å². The molecule has 24 heavy (non-hydrogen) atoms. The lowest BCUT2D eigenvalue weighted by molar-refractivity contribution is -0.129. The van der Waals surface area contributed by atoms with Gasteiger partial charge in [0.05, 0.1) is 28.6 Å². The summed E-state index contributed by atoms with van der Waals surface area (Å²) in [5.41, 5.74) is 0.764. The van der Waals surface area contributed by atoms with E-state index in [1.54, 1.807) is 0 Å². The molecule has 2 saturated heterocycles. The highest BCUT2D eigenvalue weighted by Gasteiger charge is 2.52. The Balaban J connectivity index is 1.73. The van der Waals surface area contributed by atoms with Crippen LogP contribution in [-0.2, 0) is 14.6 Å². The van der Waals surface area contributed by atoms with Gasteiger partial charge < -0.3 is 9.64 Å². The van der Waals surface area contributed by atoms with Crippen molar-refractivity contribution >= 4 is 37.7 Å². The SMILES string of the molecule is O=C1[C@@H]2CS(=O)(=O)CCN2C(=O)N1[C@@H]1CCOc2c(Br)cccc21. The van der Waals surface area contributed by atoms with E-state index in [2.05, 4.69) is 15.9 Å². The van der Waals surface area contributed by atoms with E-state index >= 15 is 0 Å². The van der Waals surface area contributed by atoms with Crippen molar-refractivity contribution in [3.8, 4) is 5.75 Å². The molecule has 1 aromatic carbocycles. The largest absolute Gasteiger partial charge is 0.492 e. The van der Waals surface area contributed by atoms with Gasteiger partial charge in [-0.05, 0) is 22.0 Å². The van der Waals surface area contributed by atoms with Gasteiger partial charge in [-0.15, -0.1) is 0 Å². The predicted octanol–water partition coefficient (Wildman–Crippen LogP) is 1.33. The summed E-state index contributed by atoms with van der Waals surface area (Å²) in [7, 11) is -3.29. The maximum Gasteiger partial charge on any atom is 0.328 e. The monoisotopic (exact) mass is 414 g/mol. The van der Waals surface area contributed by atoms with E-state index in [1.165, 1.54) is 9.80 Å².